The highest BCUT2D eigenvalue weighted by molar-refractivity contribution is 6.02. The molecule has 3 aromatic heterocycles. The fraction of sp³-hybridized carbons (Fsp3) is 0.341. The van der Waals surface area contributed by atoms with E-state index >= 15 is 4.39 Å². The summed E-state index contributed by atoms with van der Waals surface area (Å²) in [5.41, 5.74) is 1.67. The van der Waals surface area contributed by atoms with Crippen LogP contribution in [0.1, 0.15) is 49.8 Å². The van der Waals surface area contributed by atoms with Gasteiger partial charge in [0.1, 0.15) is 23.2 Å². The van der Waals surface area contributed by atoms with Gasteiger partial charge >= 0.3 is 6.01 Å². The number of pyridine rings is 2. The molecular formula is C41H40F3N7O2. The Morgan fingerprint density at radius 1 is 1.02 bits per heavy atom. The number of ether oxygens (including phenoxy) is 1. The van der Waals surface area contributed by atoms with Crippen LogP contribution < -0.4 is 15.0 Å². The maximum atomic E-state index is 16.4. The molecule has 3 atom stereocenters. The zero-order chi connectivity index (χ0) is 36.9. The Morgan fingerprint density at radius 3 is 2.64 bits per heavy atom. The minimum atomic E-state index is -0.936. The molecule has 0 bridgehead atoms. The van der Waals surface area contributed by atoms with Crippen molar-refractivity contribution in [1.82, 2.24) is 30.2 Å². The lowest BCUT2D eigenvalue weighted by molar-refractivity contribution is -0.119. The smallest absolute Gasteiger partial charge is 0.318 e. The fourth-order valence-electron chi connectivity index (χ4n) is 7.59. The molecule has 53 heavy (non-hydrogen) atoms. The molecule has 3 aliphatic rings. The number of aromatic nitrogens is 4. The van der Waals surface area contributed by atoms with Gasteiger partial charge in [-0.3, -0.25) is 19.7 Å². The number of fused-ring (bicyclic) bond motifs is 3. The Balaban J connectivity index is 0.000000418. The van der Waals surface area contributed by atoms with Gasteiger partial charge in [0.25, 0.3) is 5.91 Å². The summed E-state index contributed by atoms with van der Waals surface area (Å²) in [6, 6.07) is 16.3. The standard InChI is InChI=1S/C34H28F2N6O2.C7H12FN/c1-3-21-10-8-11-22-12-9-15-25(28(21)22)30-29(36)31-26(19-38-30)32(41-34(40-31)44-2)42-17-7-5-14-24(20-42)39-33(43)27(35)18-23-13-4-6-16-37-23;8-6-4-7-2-1-3-9(7)5-6/h1,4,6,8-13,15-16,18-19,24H,5,7,14,17,20H2,2H3,(H,39,43);6-7H,1-5H2/b27-18-;. The van der Waals surface area contributed by atoms with Crippen molar-refractivity contribution in [2.24, 2.45) is 0 Å². The maximum Gasteiger partial charge on any atom is 0.318 e. The number of benzene rings is 2. The summed E-state index contributed by atoms with van der Waals surface area (Å²) in [6.07, 6.45) is 15.0. The molecule has 0 spiro atoms. The first kappa shape index (κ1) is 35.8. The molecule has 8 rings (SSSR count). The first-order valence-corrected chi connectivity index (χ1v) is 17.9. The highest BCUT2D eigenvalue weighted by Gasteiger charge is 2.34. The van der Waals surface area contributed by atoms with E-state index in [0.29, 0.717) is 60.1 Å². The van der Waals surface area contributed by atoms with E-state index in [1.165, 1.54) is 26.1 Å². The monoisotopic (exact) mass is 719 g/mol. The summed E-state index contributed by atoms with van der Waals surface area (Å²) < 4.78 is 49.1. The van der Waals surface area contributed by atoms with Crippen molar-refractivity contribution in [3.8, 4) is 29.6 Å². The van der Waals surface area contributed by atoms with Crippen LogP contribution in [-0.4, -0.2) is 82.3 Å². The topological polar surface area (TPSA) is 96.4 Å². The third-order valence-electron chi connectivity index (χ3n) is 10.1. The van der Waals surface area contributed by atoms with Crippen molar-refractivity contribution in [2.45, 2.75) is 56.8 Å². The Hall–Kier alpha value is -5.54. The molecule has 5 aromatic rings. The van der Waals surface area contributed by atoms with Crippen molar-refractivity contribution < 1.29 is 22.7 Å². The van der Waals surface area contributed by atoms with Gasteiger partial charge in [-0.2, -0.15) is 9.97 Å². The molecule has 12 heteroatoms. The van der Waals surface area contributed by atoms with Gasteiger partial charge in [-0.25, -0.2) is 13.2 Å². The molecule has 3 fully saturated rings. The third-order valence-corrected chi connectivity index (χ3v) is 10.1. The molecule has 0 saturated carbocycles. The Labute approximate surface area is 306 Å². The average molecular weight is 720 g/mol. The van der Waals surface area contributed by atoms with Gasteiger partial charge in [0.05, 0.1) is 18.2 Å². The van der Waals surface area contributed by atoms with Gasteiger partial charge in [-0.1, -0.05) is 42.3 Å². The number of carbonyl (C=O) groups is 1. The number of anilines is 1. The molecule has 1 amide bonds. The van der Waals surface area contributed by atoms with E-state index in [9.17, 15) is 13.6 Å². The molecule has 3 aliphatic heterocycles. The van der Waals surface area contributed by atoms with E-state index in [-0.39, 0.29) is 23.3 Å². The van der Waals surface area contributed by atoms with Gasteiger partial charge in [-0.05, 0) is 68.7 Å². The first-order valence-electron chi connectivity index (χ1n) is 17.9. The summed E-state index contributed by atoms with van der Waals surface area (Å²) >= 11 is 0. The highest BCUT2D eigenvalue weighted by atomic mass is 19.1. The second-order valence-electron chi connectivity index (χ2n) is 13.6. The van der Waals surface area contributed by atoms with Crippen LogP contribution in [-0.2, 0) is 4.79 Å². The van der Waals surface area contributed by atoms with Crippen LogP contribution in [0.3, 0.4) is 0 Å². The van der Waals surface area contributed by atoms with Crippen LogP contribution in [0.2, 0.25) is 0 Å². The zero-order valence-corrected chi connectivity index (χ0v) is 29.4. The molecule has 3 unspecified atom stereocenters. The predicted molar refractivity (Wildman–Crippen MR) is 200 cm³/mol. The highest BCUT2D eigenvalue weighted by Crippen LogP contribution is 2.36. The molecule has 2 aromatic carbocycles. The SMILES string of the molecule is C#Cc1cccc2cccc(-c3ncc4c(N5CCCCC(NC(=O)/C(F)=C/c6ccccn6)C5)nc(OC)nc4c3F)c12.FC1CC2CCCN2C1. The molecule has 9 nitrogen and oxygen atoms in total. The molecule has 6 heterocycles. The lowest BCUT2D eigenvalue weighted by Gasteiger charge is -2.27. The Kier molecular flexibility index (Phi) is 10.8. The number of amides is 1. The lowest BCUT2D eigenvalue weighted by Crippen LogP contribution is -2.43. The number of methoxy groups -OCH3 is 1. The Bertz CT molecular complexity index is 2180. The normalized spacial score (nSPS) is 20.3. The number of alkyl halides is 1. The van der Waals surface area contributed by atoms with Crippen LogP contribution in [0, 0.1) is 18.2 Å². The average Bonchev–Trinajstić information content (AvgIpc) is 3.68. The van der Waals surface area contributed by atoms with Crippen molar-refractivity contribution >= 4 is 39.5 Å². The van der Waals surface area contributed by atoms with E-state index in [1.807, 2.05) is 35.2 Å². The maximum absolute atomic E-state index is 16.4. The van der Waals surface area contributed by atoms with Crippen LogP contribution in [0.5, 0.6) is 6.01 Å². The van der Waals surface area contributed by atoms with Crippen LogP contribution in [0.15, 0.2) is 72.8 Å². The number of nitrogens with zero attached hydrogens (tertiary/aromatic N) is 6. The zero-order valence-electron chi connectivity index (χ0n) is 29.4. The molecule has 0 radical (unpaired) electrons. The number of nitrogens with one attached hydrogen (secondary N) is 1. The van der Waals surface area contributed by atoms with E-state index in [4.69, 9.17) is 11.2 Å². The minimum absolute atomic E-state index is 0.0139. The van der Waals surface area contributed by atoms with Crippen LogP contribution in [0.4, 0.5) is 19.0 Å². The third kappa shape index (κ3) is 7.81. The van der Waals surface area contributed by atoms with Gasteiger partial charge in [0, 0.05) is 66.7 Å². The summed E-state index contributed by atoms with van der Waals surface area (Å²) in [6.45, 7) is 2.75. The van der Waals surface area contributed by atoms with Crippen LogP contribution in [0.25, 0.3) is 39.0 Å². The molecular weight excluding hydrogens is 679 g/mol. The van der Waals surface area contributed by atoms with Gasteiger partial charge in [-0.15, -0.1) is 6.42 Å². The van der Waals surface area contributed by atoms with Crippen molar-refractivity contribution in [3.05, 3.63) is 89.9 Å². The van der Waals surface area contributed by atoms with Crippen molar-refractivity contribution in [1.29, 1.82) is 0 Å². The number of terminal acetylenes is 1. The largest absolute Gasteiger partial charge is 0.467 e. The second kappa shape index (κ2) is 16.0. The van der Waals surface area contributed by atoms with E-state index in [0.717, 1.165) is 42.7 Å². The Morgan fingerprint density at radius 2 is 1.87 bits per heavy atom. The van der Waals surface area contributed by atoms with E-state index < -0.39 is 23.7 Å². The van der Waals surface area contributed by atoms with Gasteiger partial charge in [0.15, 0.2) is 11.6 Å². The summed E-state index contributed by atoms with van der Waals surface area (Å²) in [5, 5.41) is 4.77. The second-order valence-corrected chi connectivity index (χ2v) is 13.6. The van der Waals surface area contributed by atoms with Crippen LogP contribution >= 0.6 is 0 Å². The summed E-state index contributed by atoms with van der Waals surface area (Å²) in [5.74, 6) is 0.704. The number of halogens is 3. The number of hydrogen-bond acceptors (Lipinski definition) is 8. The van der Waals surface area contributed by atoms with Gasteiger partial charge < -0.3 is 15.0 Å². The predicted octanol–water partition coefficient (Wildman–Crippen LogP) is 7.05. The molecule has 0 aliphatic carbocycles. The first-order chi connectivity index (χ1) is 25.8. The quantitative estimate of drug-likeness (QED) is 0.148. The molecule has 1 N–H and O–H groups in total. The van der Waals surface area contributed by atoms with Crippen molar-refractivity contribution in [2.75, 3.05) is 38.2 Å². The molecule has 3 saturated heterocycles. The number of carbonyl (C=O) groups excluding carboxylic acids is 1. The molecule has 272 valence electrons. The summed E-state index contributed by atoms with van der Waals surface area (Å²) in [4.78, 5) is 34.4. The number of rotatable bonds is 6. The lowest BCUT2D eigenvalue weighted by atomic mass is 9.97. The summed E-state index contributed by atoms with van der Waals surface area (Å²) in [7, 11) is 1.41. The number of hydrogen-bond donors (Lipinski definition) is 1. The van der Waals surface area contributed by atoms with E-state index in [1.54, 1.807) is 30.5 Å². The van der Waals surface area contributed by atoms with Gasteiger partial charge in [0.2, 0.25) is 0 Å². The minimum Gasteiger partial charge on any atom is -0.467 e. The van der Waals surface area contributed by atoms with Crippen molar-refractivity contribution in [3.63, 3.8) is 0 Å². The fourth-order valence-corrected chi connectivity index (χ4v) is 7.59. The van der Waals surface area contributed by atoms with E-state index in [2.05, 4.69) is 36.1 Å².